The minimum Gasteiger partial charge on any atom is -0.493 e. The third kappa shape index (κ3) is 3.78. The molecule has 0 saturated heterocycles. The van der Waals surface area contributed by atoms with Crippen molar-refractivity contribution >= 4 is 16.9 Å². The Labute approximate surface area is 141 Å². The van der Waals surface area contributed by atoms with Gasteiger partial charge in [-0.25, -0.2) is 4.79 Å². The summed E-state index contributed by atoms with van der Waals surface area (Å²) in [5.74, 6) is 0.316. The molecule has 1 aliphatic carbocycles. The van der Waals surface area contributed by atoms with Crippen molar-refractivity contribution in [2.45, 2.75) is 51.5 Å². The van der Waals surface area contributed by atoms with Crippen LogP contribution >= 0.6 is 0 Å². The van der Waals surface area contributed by atoms with Gasteiger partial charge in [-0.15, -0.1) is 0 Å². The van der Waals surface area contributed by atoms with E-state index in [-0.39, 0.29) is 17.5 Å². The zero-order chi connectivity index (χ0) is 16.9. The van der Waals surface area contributed by atoms with Gasteiger partial charge in [-0.3, -0.25) is 4.79 Å². The smallest absolute Gasteiger partial charge is 0.349 e. The topological polar surface area (TPSA) is 68.5 Å². The van der Waals surface area contributed by atoms with E-state index >= 15 is 0 Å². The fraction of sp³-hybridized carbons (Fsp3) is 0.474. The molecule has 0 atom stereocenters. The summed E-state index contributed by atoms with van der Waals surface area (Å²) in [7, 11) is 0. The summed E-state index contributed by atoms with van der Waals surface area (Å²) in [6, 6.07) is 7.07. The lowest BCUT2D eigenvalue weighted by molar-refractivity contribution is 0.0924. The normalized spacial score (nSPS) is 15.4. The molecule has 1 aromatic carbocycles. The van der Waals surface area contributed by atoms with Crippen LogP contribution in [0.3, 0.4) is 0 Å². The molecule has 0 unspecified atom stereocenters. The minimum atomic E-state index is -0.608. The predicted molar refractivity (Wildman–Crippen MR) is 92.6 cm³/mol. The van der Waals surface area contributed by atoms with Crippen LogP contribution in [0.5, 0.6) is 5.75 Å². The highest BCUT2D eigenvalue weighted by atomic mass is 16.5. The molecule has 3 rings (SSSR count). The fourth-order valence-electron chi connectivity index (χ4n) is 3.07. The van der Waals surface area contributed by atoms with Gasteiger partial charge in [0.25, 0.3) is 5.91 Å². The average molecular weight is 329 g/mol. The molecule has 5 nitrogen and oxygen atoms in total. The van der Waals surface area contributed by atoms with Gasteiger partial charge in [0.15, 0.2) is 0 Å². The summed E-state index contributed by atoms with van der Waals surface area (Å²) in [4.78, 5) is 24.6. The molecule has 1 N–H and O–H groups in total. The first-order chi connectivity index (χ1) is 11.7. The van der Waals surface area contributed by atoms with Gasteiger partial charge in [-0.1, -0.05) is 26.2 Å². The molecule has 5 heteroatoms. The van der Waals surface area contributed by atoms with Gasteiger partial charge < -0.3 is 14.5 Å². The number of fused-ring (bicyclic) bond motifs is 1. The standard InChI is InChI=1S/C19H23NO4/c1-2-10-23-15-9-8-13-11-16(19(22)24-17(13)12-15)18(21)20-14-6-4-3-5-7-14/h8-9,11-12,14H,2-7,10H2,1H3,(H,20,21). The molecule has 0 aliphatic heterocycles. The highest BCUT2D eigenvalue weighted by molar-refractivity contribution is 5.96. The number of ether oxygens (including phenoxy) is 1. The monoisotopic (exact) mass is 329 g/mol. The van der Waals surface area contributed by atoms with Crippen molar-refractivity contribution in [2.24, 2.45) is 0 Å². The molecular formula is C19H23NO4. The maximum atomic E-state index is 12.4. The number of hydrogen-bond acceptors (Lipinski definition) is 4. The van der Waals surface area contributed by atoms with Crippen LogP contribution in [0.1, 0.15) is 55.8 Å². The van der Waals surface area contributed by atoms with Crippen LogP contribution in [0.15, 0.2) is 33.5 Å². The Morgan fingerprint density at radius 3 is 2.79 bits per heavy atom. The third-order valence-corrected chi connectivity index (χ3v) is 4.37. The minimum absolute atomic E-state index is 0.0651. The number of benzene rings is 1. The molecule has 1 fully saturated rings. The van der Waals surface area contributed by atoms with Crippen LogP contribution in [-0.4, -0.2) is 18.6 Å². The van der Waals surface area contributed by atoms with E-state index in [9.17, 15) is 9.59 Å². The van der Waals surface area contributed by atoms with Crippen molar-refractivity contribution in [1.82, 2.24) is 5.32 Å². The Hall–Kier alpha value is -2.30. The van der Waals surface area contributed by atoms with Gasteiger partial charge in [0.2, 0.25) is 0 Å². The molecule has 1 amide bonds. The zero-order valence-electron chi connectivity index (χ0n) is 14.0. The second-order valence-corrected chi connectivity index (χ2v) is 6.30. The molecule has 1 saturated carbocycles. The van der Waals surface area contributed by atoms with Gasteiger partial charge in [-0.05, 0) is 37.5 Å². The summed E-state index contributed by atoms with van der Waals surface area (Å²) < 4.78 is 10.9. The van der Waals surface area contributed by atoms with E-state index in [4.69, 9.17) is 9.15 Å². The Morgan fingerprint density at radius 1 is 1.25 bits per heavy atom. The molecule has 1 heterocycles. The van der Waals surface area contributed by atoms with Crippen LogP contribution < -0.4 is 15.7 Å². The van der Waals surface area contributed by atoms with Crippen LogP contribution in [0.2, 0.25) is 0 Å². The number of carbonyl (C=O) groups is 1. The number of amides is 1. The van der Waals surface area contributed by atoms with Gasteiger partial charge in [0, 0.05) is 17.5 Å². The van der Waals surface area contributed by atoms with Gasteiger partial charge >= 0.3 is 5.63 Å². The van der Waals surface area contributed by atoms with Gasteiger partial charge in [0.1, 0.15) is 16.9 Å². The third-order valence-electron chi connectivity index (χ3n) is 4.37. The molecule has 128 valence electrons. The maximum Gasteiger partial charge on any atom is 0.349 e. The number of nitrogens with one attached hydrogen (secondary N) is 1. The van der Waals surface area contributed by atoms with Crippen molar-refractivity contribution in [1.29, 1.82) is 0 Å². The van der Waals surface area contributed by atoms with E-state index in [1.807, 2.05) is 13.0 Å². The van der Waals surface area contributed by atoms with E-state index in [1.165, 1.54) is 6.42 Å². The Bertz CT molecular complexity index is 775. The lowest BCUT2D eigenvalue weighted by Crippen LogP contribution is -2.38. The largest absolute Gasteiger partial charge is 0.493 e. The number of hydrogen-bond donors (Lipinski definition) is 1. The molecule has 1 aliphatic rings. The fourth-order valence-corrected chi connectivity index (χ4v) is 3.07. The number of rotatable bonds is 5. The first kappa shape index (κ1) is 16.6. The summed E-state index contributed by atoms with van der Waals surface area (Å²) in [6.07, 6.45) is 6.32. The molecule has 0 bridgehead atoms. The van der Waals surface area contributed by atoms with Crippen molar-refractivity contribution in [3.8, 4) is 5.75 Å². The second kappa shape index (κ2) is 7.51. The van der Waals surface area contributed by atoms with Gasteiger partial charge in [0.05, 0.1) is 6.61 Å². The van der Waals surface area contributed by atoms with Crippen molar-refractivity contribution in [3.05, 3.63) is 40.2 Å². The first-order valence-corrected chi connectivity index (χ1v) is 8.69. The van der Waals surface area contributed by atoms with Crippen LogP contribution in [-0.2, 0) is 0 Å². The molecule has 2 aromatic rings. The predicted octanol–water partition coefficient (Wildman–Crippen LogP) is 3.64. The molecule has 0 radical (unpaired) electrons. The van der Waals surface area contributed by atoms with Crippen molar-refractivity contribution < 1.29 is 13.9 Å². The van der Waals surface area contributed by atoms with Gasteiger partial charge in [-0.2, -0.15) is 0 Å². The highest BCUT2D eigenvalue weighted by Crippen LogP contribution is 2.21. The lowest BCUT2D eigenvalue weighted by Gasteiger charge is -2.22. The summed E-state index contributed by atoms with van der Waals surface area (Å²) >= 11 is 0. The summed E-state index contributed by atoms with van der Waals surface area (Å²) in [5, 5.41) is 3.67. The molecular weight excluding hydrogens is 306 g/mol. The molecule has 1 aromatic heterocycles. The van der Waals surface area contributed by atoms with E-state index in [1.54, 1.807) is 18.2 Å². The lowest BCUT2D eigenvalue weighted by atomic mass is 9.95. The zero-order valence-corrected chi connectivity index (χ0v) is 14.0. The maximum absolute atomic E-state index is 12.4. The van der Waals surface area contributed by atoms with E-state index < -0.39 is 5.63 Å². The number of carbonyl (C=O) groups excluding carboxylic acids is 1. The summed E-state index contributed by atoms with van der Waals surface area (Å²) in [5.41, 5.74) is -0.110. The Balaban J connectivity index is 1.82. The quantitative estimate of drug-likeness (QED) is 0.850. The van der Waals surface area contributed by atoms with Crippen molar-refractivity contribution in [2.75, 3.05) is 6.61 Å². The highest BCUT2D eigenvalue weighted by Gasteiger charge is 2.19. The SMILES string of the molecule is CCCOc1ccc2cc(C(=O)NC3CCCCC3)c(=O)oc2c1. The molecule has 24 heavy (non-hydrogen) atoms. The Morgan fingerprint density at radius 2 is 2.04 bits per heavy atom. The van der Waals surface area contributed by atoms with Crippen LogP contribution in [0.4, 0.5) is 0 Å². The summed E-state index contributed by atoms with van der Waals surface area (Å²) in [6.45, 7) is 2.63. The van der Waals surface area contributed by atoms with Crippen LogP contribution in [0.25, 0.3) is 11.0 Å². The van der Waals surface area contributed by atoms with E-state index in [2.05, 4.69) is 5.32 Å². The van der Waals surface area contributed by atoms with Crippen molar-refractivity contribution in [3.63, 3.8) is 0 Å². The van der Waals surface area contributed by atoms with Crippen LogP contribution in [0, 0.1) is 0 Å². The first-order valence-electron chi connectivity index (χ1n) is 8.69. The molecule has 0 spiro atoms. The van der Waals surface area contributed by atoms with E-state index in [0.29, 0.717) is 23.3 Å². The second-order valence-electron chi connectivity index (χ2n) is 6.30. The Kier molecular flexibility index (Phi) is 5.18. The van der Waals surface area contributed by atoms with E-state index in [0.717, 1.165) is 32.1 Å². The average Bonchev–Trinajstić information content (AvgIpc) is 2.60.